The van der Waals surface area contributed by atoms with E-state index in [-0.39, 0.29) is 17.9 Å². The van der Waals surface area contributed by atoms with Crippen molar-refractivity contribution >= 4 is 11.8 Å². The zero-order chi connectivity index (χ0) is 15.6. The van der Waals surface area contributed by atoms with E-state index in [9.17, 15) is 9.59 Å². The molecule has 0 bridgehead atoms. The maximum Gasteiger partial charge on any atom is 0.248 e. The fourth-order valence-corrected chi connectivity index (χ4v) is 3.48. The van der Waals surface area contributed by atoms with Gasteiger partial charge in [-0.1, -0.05) is 13.8 Å². The van der Waals surface area contributed by atoms with E-state index >= 15 is 0 Å². The SMILES string of the molecule is CCC1(CC)NC(=O)C(C)N(CC2CCN(C)CC2)C1=O. The van der Waals surface area contributed by atoms with Crippen LogP contribution in [0, 0.1) is 5.92 Å². The van der Waals surface area contributed by atoms with E-state index in [1.54, 1.807) is 0 Å². The van der Waals surface area contributed by atoms with Gasteiger partial charge in [0.1, 0.15) is 11.6 Å². The molecule has 0 saturated carbocycles. The van der Waals surface area contributed by atoms with Gasteiger partial charge in [-0.3, -0.25) is 9.59 Å². The molecule has 5 nitrogen and oxygen atoms in total. The Hall–Kier alpha value is -1.10. The first-order valence-corrected chi connectivity index (χ1v) is 8.25. The summed E-state index contributed by atoms with van der Waals surface area (Å²) in [5.41, 5.74) is -0.685. The number of rotatable bonds is 4. The minimum absolute atomic E-state index is 0.00812. The number of amides is 2. The summed E-state index contributed by atoms with van der Waals surface area (Å²) in [6, 6.07) is -0.344. The summed E-state index contributed by atoms with van der Waals surface area (Å²) in [4.78, 5) is 29.3. The summed E-state index contributed by atoms with van der Waals surface area (Å²) in [6.07, 6.45) is 3.54. The van der Waals surface area contributed by atoms with E-state index in [2.05, 4.69) is 17.3 Å². The number of hydrogen-bond acceptors (Lipinski definition) is 3. The van der Waals surface area contributed by atoms with Crippen molar-refractivity contribution in [3.8, 4) is 0 Å². The van der Waals surface area contributed by atoms with Gasteiger partial charge in [-0.05, 0) is 58.7 Å². The van der Waals surface area contributed by atoms with Crippen molar-refractivity contribution in [2.45, 2.75) is 58.0 Å². The summed E-state index contributed by atoms with van der Waals surface area (Å²) in [6.45, 7) is 8.69. The van der Waals surface area contributed by atoms with Crippen LogP contribution in [-0.2, 0) is 9.59 Å². The van der Waals surface area contributed by atoms with Gasteiger partial charge in [0.15, 0.2) is 0 Å². The second-order valence-corrected chi connectivity index (χ2v) is 6.66. The molecule has 2 fully saturated rings. The van der Waals surface area contributed by atoms with Gasteiger partial charge in [-0.15, -0.1) is 0 Å². The number of hydrogen-bond donors (Lipinski definition) is 1. The van der Waals surface area contributed by atoms with Gasteiger partial charge in [-0.25, -0.2) is 0 Å². The molecule has 2 rings (SSSR count). The molecule has 0 radical (unpaired) electrons. The lowest BCUT2D eigenvalue weighted by Crippen LogP contribution is -2.69. The molecule has 0 aromatic rings. The Labute approximate surface area is 128 Å². The van der Waals surface area contributed by atoms with Crippen molar-refractivity contribution in [2.24, 2.45) is 5.92 Å². The number of carbonyl (C=O) groups is 2. The highest BCUT2D eigenvalue weighted by molar-refractivity contribution is 5.99. The number of nitrogens with one attached hydrogen (secondary N) is 1. The Kier molecular flexibility index (Phi) is 4.91. The normalized spacial score (nSPS) is 27.8. The van der Waals surface area contributed by atoms with Gasteiger partial charge < -0.3 is 15.1 Å². The Morgan fingerprint density at radius 3 is 2.29 bits per heavy atom. The van der Waals surface area contributed by atoms with Crippen molar-refractivity contribution in [1.82, 2.24) is 15.1 Å². The second kappa shape index (κ2) is 6.34. The van der Waals surface area contributed by atoms with Crippen LogP contribution >= 0.6 is 0 Å². The first-order chi connectivity index (χ1) is 9.93. The molecule has 1 unspecified atom stereocenters. The Morgan fingerprint density at radius 2 is 1.76 bits per heavy atom. The average molecular weight is 295 g/mol. The first kappa shape index (κ1) is 16.3. The van der Waals surface area contributed by atoms with Crippen LogP contribution in [-0.4, -0.2) is 59.9 Å². The largest absolute Gasteiger partial charge is 0.340 e. The summed E-state index contributed by atoms with van der Waals surface area (Å²) in [7, 11) is 2.14. The van der Waals surface area contributed by atoms with Crippen LogP contribution in [0.5, 0.6) is 0 Å². The van der Waals surface area contributed by atoms with Crippen LogP contribution in [0.3, 0.4) is 0 Å². The van der Waals surface area contributed by atoms with Crippen LogP contribution in [0.15, 0.2) is 0 Å². The lowest BCUT2D eigenvalue weighted by molar-refractivity contribution is -0.155. The zero-order valence-corrected chi connectivity index (χ0v) is 13.8. The molecule has 120 valence electrons. The Balaban J connectivity index is 2.11. The zero-order valence-electron chi connectivity index (χ0n) is 13.8. The van der Waals surface area contributed by atoms with Crippen LogP contribution in [0.25, 0.3) is 0 Å². The summed E-state index contributed by atoms with van der Waals surface area (Å²) < 4.78 is 0. The minimum Gasteiger partial charge on any atom is -0.340 e. The van der Waals surface area contributed by atoms with Gasteiger partial charge >= 0.3 is 0 Å². The molecule has 2 aliphatic heterocycles. The third-order valence-corrected chi connectivity index (χ3v) is 5.38. The number of piperidine rings is 1. The third-order valence-electron chi connectivity index (χ3n) is 5.38. The van der Waals surface area contributed by atoms with Gasteiger partial charge in [0.25, 0.3) is 0 Å². The molecular formula is C16H29N3O2. The van der Waals surface area contributed by atoms with E-state index in [1.807, 2.05) is 25.7 Å². The van der Waals surface area contributed by atoms with Crippen molar-refractivity contribution in [1.29, 1.82) is 0 Å². The maximum absolute atomic E-state index is 12.9. The summed E-state index contributed by atoms with van der Waals surface area (Å²) in [5, 5.41) is 2.96. The molecule has 2 amide bonds. The van der Waals surface area contributed by atoms with E-state index < -0.39 is 5.54 Å². The van der Waals surface area contributed by atoms with Gasteiger partial charge in [0, 0.05) is 6.54 Å². The monoisotopic (exact) mass is 295 g/mol. The molecule has 1 N–H and O–H groups in total. The van der Waals surface area contributed by atoms with Crippen molar-refractivity contribution in [3.05, 3.63) is 0 Å². The van der Waals surface area contributed by atoms with Crippen molar-refractivity contribution in [3.63, 3.8) is 0 Å². The predicted molar refractivity (Wildman–Crippen MR) is 82.9 cm³/mol. The van der Waals surface area contributed by atoms with Gasteiger partial charge in [0.05, 0.1) is 0 Å². The topological polar surface area (TPSA) is 52.7 Å². The molecule has 2 heterocycles. The number of nitrogens with zero attached hydrogens (tertiary/aromatic N) is 2. The number of piperazine rings is 1. The molecule has 0 spiro atoms. The molecule has 21 heavy (non-hydrogen) atoms. The van der Waals surface area contributed by atoms with Crippen LogP contribution in [0.1, 0.15) is 46.5 Å². The van der Waals surface area contributed by atoms with Gasteiger partial charge in [0.2, 0.25) is 11.8 Å². The standard InChI is InChI=1S/C16H29N3O2/c1-5-16(6-2)15(21)19(12(3)14(20)17-16)11-13-7-9-18(4)10-8-13/h12-13H,5-11H2,1-4H3,(H,17,20). The molecule has 0 aromatic heterocycles. The fourth-order valence-electron chi connectivity index (χ4n) is 3.48. The highest BCUT2D eigenvalue weighted by atomic mass is 16.2. The summed E-state index contributed by atoms with van der Waals surface area (Å²) in [5.74, 6) is 0.620. The van der Waals surface area contributed by atoms with Crippen molar-refractivity contribution in [2.75, 3.05) is 26.7 Å². The van der Waals surface area contributed by atoms with Crippen LogP contribution < -0.4 is 5.32 Å². The third kappa shape index (κ3) is 3.07. The molecule has 2 aliphatic rings. The minimum atomic E-state index is -0.685. The maximum atomic E-state index is 12.9. The molecule has 0 aromatic carbocycles. The second-order valence-electron chi connectivity index (χ2n) is 6.66. The smallest absolute Gasteiger partial charge is 0.248 e. The lowest BCUT2D eigenvalue weighted by Gasteiger charge is -2.46. The summed E-state index contributed by atoms with van der Waals surface area (Å²) >= 11 is 0. The van der Waals surface area contributed by atoms with Crippen molar-refractivity contribution < 1.29 is 9.59 Å². The first-order valence-electron chi connectivity index (χ1n) is 8.25. The molecule has 2 saturated heterocycles. The predicted octanol–water partition coefficient (Wildman–Crippen LogP) is 1.23. The lowest BCUT2D eigenvalue weighted by atomic mass is 9.86. The van der Waals surface area contributed by atoms with Crippen LogP contribution in [0.2, 0.25) is 0 Å². The fraction of sp³-hybridized carbons (Fsp3) is 0.875. The average Bonchev–Trinajstić information content (AvgIpc) is 2.49. The Bertz CT molecular complexity index is 398. The molecular weight excluding hydrogens is 266 g/mol. The molecule has 1 atom stereocenters. The van der Waals surface area contributed by atoms with Gasteiger partial charge in [-0.2, -0.15) is 0 Å². The quantitative estimate of drug-likeness (QED) is 0.849. The van der Waals surface area contributed by atoms with E-state index in [0.29, 0.717) is 18.8 Å². The number of carbonyl (C=O) groups excluding carboxylic acids is 2. The molecule has 5 heteroatoms. The van der Waals surface area contributed by atoms with Crippen LogP contribution in [0.4, 0.5) is 0 Å². The highest BCUT2D eigenvalue weighted by Gasteiger charge is 2.47. The highest BCUT2D eigenvalue weighted by Crippen LogP contribution is 2.27. The Morgan fingerprint density at radius 1 is 1.19 bits per heavy atom. The van der Waals surface area contributed by atoms with E-state index in [0.717, 1.165) is 32.5 Å². The number of likely N-dealkylation sites (tertiary alicyclic amines) is 1. The van der Waals surface area contributed by atoms with E-state index in [1.165, 1.54) is 0 Å². The van der Waals surface area contributed by atoms with E-state index in [4.69, 9.17) is 0 Å². The molecule has 0 aliphatic carbocycles.